The molecule has 154 valence electrons. The van der Waals surface area contributed by atoms with E-state index in [0.717, 1.165) is 12.8 Å². The summed E-state index contributed by atoms with van der Waals surface area (Å²) >= 11 is 0. The van der Waals surface area contributed by atoms with Crippen molar-refractivity contribution in [2.45, 2.75) is 62.8 Å². The number of likely N-dealkylation sites (tertiary alicyclic amines) is 1. The Morgan fingerprint density at radius 2 is 1.96 bits per heavy atom. The molecule has 0 aromatic carbocycles. The van der Waals surface area contributed by atoms with Gasteiger partial charge in [0, 0.05) is 26.1 Å². The number of rotatable bonds is 6. The Morgan fingerprint density at radius 3 is 2.57 bits per heavy atom. The number of hydrogen-bond acceptors (Lipinski definition) is 8. The molecule has 2 aliphatic rings. The van der Waals surface area contributed by atoms with Crippen molar-refractivity contribution < 1.29 is 26.8 Å². The molecule has 11 heteroatoms. The van der Waals surface area contributed by atoms with E-state index < -0.39 is 18.2 Å². The maximum Gasteiger partial charge on any atom is 0.396 e. The van der Waals surface area contributed by atoms with Gasteiger partial charge in [0.15, 0.2) is 5.82 Å². The molecule has 0 radical (unpaired) electrons. The minimum absolute atomic E-state index is 0.0963. The van der Waals surface area contributed by atoms with Crippen LogP contribution in [-0.4, -0.2) is 51.6 Å². The number of methoxy groups -OCH3 is 1. The highest BCUT2D eigenvalue weighted by Gasteiger charge is 2.42. The summed E-state index contributed by atoms with van der Waals surface area (Å²) in [5, 5.41) is 11.7. The van der Waals surface area contributed by atoms with Gasteiger partial charge in [0.25, 0.3) is 5.89 Å². The Morgan fingerprint density at radius 1 is 1.21 bits per heavy atom. The van der Waals surface area contributed by atoms with Crippen molar-refractivity contribution in [3.05, 3.63) is 23.5 Å². The van der Waals surface area contributed by atoms with Gasteiger partial charge in [-0.15, -0.1) is 10.2 Å². The molecule has 1 aliphatic heterocycles. The van der Waals surface area contributed by atoms with Gasteiger partial charge in [-0.2, -0.15) is 18.2 Å². The highest BCUT2D eigenvalue weighted by Crippen LogP contribution is 2.37. The second-order valence-corrected chi connectivity index (χ2v) is 7.44. The molecule has 3 heterocycles. The third-order valence-electron chi connectivity index (χ3n) is 5.57. The van der Waals surface area contributed by atoms with Gasteiger partial charge in [-0.05, 0) is 25.7 Å². The van der Waals surface area contributed by atoms with Gasteiger partial charge in [-0.1, -0.05) is 11.6 Å². The molecule has 0 unspecified atom stereocenters. The summed E-state index contributed by atoms with van der Waals surface area (Å²) in [5.41, 5.74) is -0.876. The molecule has 2 fully saturated rings. The van der Waals surface area contributed by atoms with E-state index in [1.807, 2.05) is 0 Å². The van der Waals surface area contributed by atoms with Gasteiger partial charge < -0.3 is 13.7 Å². The molecular formula is C17H22F3N5O3. The molecule has 0 N–H and O–H groups in total. The zero-order valence-electron chi connectivity index (χ0n) is 15.5. The second kappa shape index (κ2) is 7.43. The fourth-order valence-corrected chi connectivity index (χ4v) is 3.61. The first kappa shape index (κ1) is 19.3. The van der Waals surface area contributed by atoms with Crippen LogP contribution < -0.4 is 0 Å². The van der Waals surface area contributed by atoms with E-state index in [2.05, 4.69) is 25.2 Å². The summed E-state index contributed by atoms with van der Waals surface area (Å²) in [5.74, 6) is 1.41. The lowest BCUT2D eigenvalue weighted by Crippen LogP contribution is -2.43. The molecule has 2 aromatic rings. The fourth-order valence-electron chi connectivity index (χ4n) is 3.61. The molecule has 1 saturated heterocycles. The minimum atomic E-state index is -4.38. The Balaban J connectivity index is 1.36. The predicted octanol–water partition coefficient (Wildman–Crippen LogP) is 2.96. The van der Waals surface area contributed by atoms with Gasteiger partial charge in [0.05, 0.1) is 6.54 Å². The van der Waals surface area contributed by atoms with Crippen LogP contribution in [-0.2, 0) is 23.3 Å². The molecule has 0 bridgehead atoms. The van der Waals surface area contributed by atoms with Crippen molar-refractivity contribution in [2.24, 2.45) is 0 Å². The first-order chi connectivity index (χ1) is 13.4. The maximum absolute atomic E-state index is 12.5. The average molecular weight is 401 g/mol. The Labute approximate surface area is 159 Å². The number of piperidine rings is 1. The molecule has 8 nitrogen and oxygen atoms in total. The third kappa shape index (κ3) is 4.04. The molecule has 0 atom stereocenters. The lowest BCUT2D eigenvalue weighted by Gasteiger charge is -2.37. The Hall–Kier alpha value is -2.01. The van der Waals surface area contributed by atoms with E-state index in [1.54, 1.807) is 0 Å². The monoisotopic (exact) mass is 401 g/mol. The lowest BCUT2D eigenvalue weighted by molar-refractivity contribution is -0.128. The van der Waals surface area contributed by atoms with E-state index >= 15 is 0 Å². The molecule has 1 aliphatic carbocycles. The third-order valence-corrected chi connectivity index (χ3v) is 5.57. The van der Waals surface area contributed by atoms with Crippen molar-refractivity contribution in [2.75, 3.05) is 20.2 Å². The Bertz CT molecular complexity index is 794. The summed E-state index contributed by atoms with van der Waals surface area (Å²) in [6, 6.07) is 0. The van der Waals surface area contributed by atoms with Crippen molar-refractivity contribution in [1.82, 2.24) is 25.2 Å². The minimum Gasteiger partial charge on any atom is -0.424 e. The normalized spacial score (nSPS) is 21.0. The van der Waals surface area contributed by atoms with Crippen molar-refractivity contribution in [3.63, 3.8) is 0 Å². The first-order valence-electron chi connectivity index (χ1n) is 9.36. The average Bonchev–Trinajstić information content (AvgIpc) is 3.23. The second-order valence-electron chi connectivity index (χ2n) is 7.44. The largest absolute Gasteiger partial charge is 0.424 e. The molecule has 1 saturated carbocycles. The van der Waals surface area contributed by atoms with E-state index in [0.29, 0.717) is 50.2 Å². The van der Waals surface area contributed by atoms with E-state index in [1.165, 1.54) is 13.5 Å². The van der Waals surface area contributed by atoms with Crippen molar-refractivity contribution in [3.8, 4) is 0 Å². The van der Waals surface area contributed by atoms with E-state index in [-0.39, 0.29) is 11.7 Å². The van der Waals surface area contributed by atoms with Crippen LogP contribution in [0.4, 0.5) is 13.2 Å². The molecule has 28 heavy (non-hydrogen) atoms. The highest BCUT2D eigenvalue weighted by atomic mass is 19.4. The Kier molecular flexibility index (Phi) is 5.13. The van der Waals surface area contributed by atoms with Crippen LogP contribution in [0.2, 0.25) is 0 Å². The van der Waals surface area contributed by atoms with Crippen LogP contribution in [0.15, 0.2) is 8.94 Å². The number of nitrogens with zero attached hydrogens (tertiary/aromatic N) is 5. The lowest BCUT2D eigenvalue weighted by atomic mass is 9.85. The van der Waals surface area contributed by atoms with Crippen LogP contribution >= 0.6 is 0 Å². The zero-order valence-corrected chi connectivity index (χ0v) is 15.5. The smallest absolute Gasteiger partial charge is 0.396 e. The van der Waals surface area contributed by atoms with Crippen LogP contribution in [0.3, 0.4) is 0 Å². The van der Waals surface area contributed by atoms with Gasteiger partial charge in [0.2, 0.25) is 11.8 Å². The molecular weight excluding hydrogens is 379 g/mol. The summed E-state index contributed by atoms with van der Waals surface area (Å²) in [6.07, 6.45) is -1.17. The standard InChI is InChI=1S/C17H22F3N5O3/c1-26-16(15-21-12(24-28-15)9-17(18,19)20)5-7-25(8-6-16)10-13-22-23-14(27-13)11-3-2-4-11/h11H,2-10H2,1H3. The van der Waals surface area contributed by atoms with E-state index in [9.17, 15) is 13.2 Å². The molecule has 2 aromatic heterocycles. The summed E-state index contributed by atoms with van der Waals surface area (Å²) in [6.45, 7) is 1.79. The van der Waals surface area contributed by atoms with Crippen LogP contribution in [0, 0.1) is 0 Å². The van der Waals surface area contributed by atoms with E-state index in [4.69, 9.17) is 13.7 Å². The van der Waals surface area contributed by atoms with Gasteiger partial charge in [-0.3, -0.25) is 4.90 Å². The van der Waals surface area contributed by atoms with Crippen LogP contribution in [0.25, 0.3) is 0 Å². The van der Waals surface area contributed by atoms with Crippen LogP contribution in [0.1, 0.15) is 61.5 Å². The molecule has 0 spiro atoms. The first-order valence-corrected chi connectivity index (χ1v) is 9.36. The van der Waals surface area contributed by atoms with Crippen LogP contribution in [0.5, 0.6) is 0 Å². The topological polar surface area (TPSA) is 90.3 Å². The zero-order chi connectivity index (χ0) is 19.8. The van der Waals surface area contributed by atoms with Gasteiger partial charge in [0.1, 0.15) is 12.0 Å². The predicted molar refractivity (Wildman–Crippen MR) is 88.1 cm³/mol. The fraction of sp³-hybridized carbons (Fsp3) is 0.765. The SMILES string of the molecule is COC1(c2nc(CC(F)(F)F)no2)CCN(Cc2nnc(C3CCC3)o2)CC1. The number of ether oxygens (including phenoxy) is 1. The highest BCUT2D eigenvalue weighted by molar-refractivity contribution is 5.04. The molecule has 0 amide bonds. The summed E-state index contributed by atoms with van der Waals surface area (Å²) in [7, 11) is 1.51. The maximum atomic E-state index is 12.5. The van der Waals surface area contributed by atoms with Gasteiger partial charge >= 0.3 is 6.18 Å². The number of aromatic nitrogens is 4. The van der Waals surface area contributed by atoms with Crippen molar-refractivity contribution in [1.29, 1.82) is 0 Å². The molecule has 4 rings (SSSR count). The number of alkyl halides is 3. The number of hydrogen-bond donors (Lipinski definition) is 0. The van der Waals surface area contributed by atoms with Gasteiger partial charge in [-0.25, -0.2) is 0 Å². The summed E-state index contributed by atoms with van der Waals surface area (Å²) in [4.78, 5) is 6.07. The van der Waals surface area contributed by atoms with Crippen molar-refractivity contribution >= 4 is 0 Å². The summed E-state index contributed by atoms with van der Waals surface area (Å²) < 4.78 is 54.1. The quantitative estimate of drug-likeness (QED) is 0.730. The number of halogens is 3.